The fourth-order valence-electron chi connectivity index (χ4n) is 3.63. The van der Waals surface area contributed by atoms with Crippen LogP contribution >= 0.6 is 0 Å². The van der Waals surface area contributed by atoms with Gasteiger partial charge in [0, 0.05) is 0 Å². The average molecular weight is 401 g/mol. The summed E-state index contributed by atoms with van der Waals surface area (Å²) in [5.74, 6) is -0.640. The van der Waals surface area contributed by atoms with E-state index < -0.39 is 10.8 Å². The molecule has 28 heavy (non-hydrogen) atoms. The van der Waals surface area contributed by atoms with E-state index in [2.05, 4.69) is 42.0 Å². The molecule has 164 valence electrons. The maximum absolute atomic E-state index is 12.9. The van der Waals surface area contributed by atoms with Gasteiger partial charge < -0.3 is 18.4 Å². The predicted molar refractivity (Wildman–Crippen MR) is 112 cm³/mol. The molecule has 0 saturated heterocycles. The Bertz CT molecular complexity index is 557. The fourth-order valence-corrected chi connectivity index (χ4v) is 3.63. The third-order valence-electron chi connectivity index (χ3n) is 7.54. The van der Waals surface area contributed by atoms with Crippen LogP contribution in [0.3, 0.4) is 0 Å². The summed E-state index contributed by atoms with van der Waals surface area (Å²) in [6.07, 6.45) is 1.32. The van der Waals surface area contributed by atoms with Crippen molar-refractivity contribution < 1.29 is 28.0 Å². The SMILES string of the molecule is CC[N+](C)(C)CCOC(=O)[C@H]1CC[C@@](C)(C(=O)OCC[N+](C)(C)CC)C1(C)C. The van der Waals surface area contributed by atoms with Gasteiger partial charge in [-0.3, -0.25) is 9.59 Å². The second kappa shape index (κ2) is 9.12. The van der Waals surface area contributed by atoms with E-state index in [1.807, 2.05) is 20.8 Å². The predicted octanol–water partition coefficient (Wildman–Crippen LogP) is 2.71. The molecule has 1 saturated carbocycles. The molecule has 6 heteroatoms. The topological polar surface area (TPSA) is 52.6 Å². The van der Waals surface area contributed by atoms with Crippen LogP contribution < -0.4 is 0 Å². The number of carbonyl (C=O) groups is 2. The zero-order chi connectivity index (χ0) is 21.8. The van der Waals surface area contributed by atoms with E-state index in [-0.39, 0.29) is 17.9 Å². The minimum Gasteiger partial charge on any atom is -0.459 e. The number of ether oxygens (including phenoxy) is 2. The quantitative estimate of drug-likeness (QED) is 0.418. The van der Waals surface area contributed by atoms with Crippen molar-refractivity contribution in [1.29, 1.82) is 0 Å². The van der Waals surface area contributed by atoms with Crippen LogP contribution in [0.15, 0.2) is 0 Å². The number of carbonyl (C=O) groups excluding carboxylic acids is 2. The highest BCUT2D eigenvalue weighted by Crippen LogP contribution is 2.56. The van der Waals surface area contributed by atoms with Crippen LogP contribution in [0.4, 0.5) is 0 Å². The minimum atomic E-state index is -0.668. The first kappa shape index (κ1) is 24.9. The van der Waals surface area contributed by atoms with Crippen LogP contribution in [0.5, 0.6) is 0 Å². The van der Waals surface area contributed by atoms with E-state index in [0.717, 1.165) is 35.1 Å². The monoisotopic (exact) mass is 400 g/mol. The molecule has 0 aromatic heterocycles. The molecule has 0 radical (unpaired) electrons. The van der Waals surface area contributed by atoms with Gasteiger partial charge >= 0.3 is 11.9 Å². The molecule has 0 unspecified atom stereocenters. The molecule has 0 spiro atoms. The summed E-state index contributed by atoms with van der Waals surface area (Å²) < 4.78 is 12.9. The molecule has 0 aromatic rings. The summed E-state index contributed by atoms with van der Waals surface area (Å²) in [7, 11) is 8.50. The Labute approximate surface area is 172 Å². The smallest absolute Gasteiger partial charge is 0.312 e. The molecule has 0 N–H and O–H groups in total. The Hall–Kier alpha value is -1.14. The lowest BCUT2D eigenvalue weighted by Crippen LogP contribution is -2.46. The first-order valence-corrected chi connectivity index (χ1v) is 10.7. The number of hydrogen-bond donors (Lipinski definition) is 0. The normalized spacial score (nSPS) is 24.8. The summed E-state index contributed by atoms with van der Waals surface area (Å²) in [5.41, 5.74) is -1.16. The Balaban J connectivity index is 2.69. The molecule has 0 amide bonds. The van der Waals surface area contributed by atoms with Crippen molar-refractivity contribution in [2.24, 2.45) is 16.7 Å². The summed E-state index contributed by atoms with van der Waals surface area (Å²) >= 11 is 0. The number of quaternary nitrogens is 2. The Morgan fingerprint density at radius 2 is 1.36 bits per heavy atom. The van der Waals surface area contributed by atoms with E-state index in [9.17, 15) is 9.59 Å². The number of rotatable bonds is 10. The van der Waals surface area contributed by atoms with Crippen molar-refractivity contribution in [2.45, 2.75) is 47.5 Å². The molecule has 1 aliphatic carbocycles. The average Bonchev–Trinajstić information content (AvgIpc) is 2.85. The van der Waals surface area contributed by atoms with Crippen molar-refractivity contribution in [1.82, 2.24) is 0 Å². The summed E-state index contributed by atoms with van der Waals surface area (Å²) in [6, 6.07) is 0. The van der Waals surface area contributed by atoms with E-state index in [1.54, 1.807) is 0 Å². The Kier molecular flexibility index (Phi) is 8.11. The summed E-state index contributed by atoms with van der Waals surface area (Å²) in [5, 5.41) is 0. The van der Waals surface area contributed by atoms with Crippen molar-refractivity contribution >= 4 is 11.9 Å². The van der Waals surface area contributed by atoms with Gasteiger partial charge in [0.05, 0.1) is 52.6 Å². The molecule has 1 rings (SSSR count). The summed E-state index contributed by atoms with van der Waals surface area (Å²) in [4.78, 5) is 25.7. The first-order valence-electron chi connectivity index (χ1n) is 10.7. The zero-order valence-corrected chi connectivity index (χ0v) is 19.8. The molecule has 0 heterocycles. The van der Waals surface area contributed by atoms with E-state index in [1.165, 1.54) is 0 Å². The van der Waals surface area contributed by atoms with Gasteiger partial charge in [-0.2, -0.15) is 0 Å². The Morgan fingerprint density at radius 1 is 0.893 bits per heavy atom. The highest BCUT2D eigenvalue weighted by molar-refractivity contribution is 5.82. The first-order chi connectivity index (χ1) is 12.7. The number of nitrogens with zero attached hydrogens (tertiary/aromatic N) is 2. The second-order valence-corrected chi connectivity index (χ2v) is 10.4. The van der Waals surface area contributed by atoms with Gasteiger partial charge in [0.25, 0.3) is 0 Å². The van der Waals surface area contributed by atoms with Crippen LogP contribution in [-0.4, -0.2) is 88.5 Å². The van der Waals surface area contributed by atoms with Gasteiger partial charge in [-0.1, -0.05) is 13.8 Å². The van der Waals surface area contributed by atoms with Crippen LogP contribution in [0.25, 0.3) is 0 Å². The van der Waals surface area contributed by atoms with Gasteiger partial charge in [-0.15, -0.1) is 0 Å². The van der Waals surface area contributed by atoms with Gasteiger partial charge in [-0.05, 0) is 39.0 Å². The van der Waals surface area contributed by atoms with E-state index in [0.29, 0.717) is 26.1 Å². The molecule has 6 nitrogen and oxygen atoms in total. The highest BCUT2D eigenvalue weighted by Gasteiger charge is 2.59. The molecular formula is C22H44N2O4+2. The van der Waals surface area contributed by atoms with Gasteiger partial charge in [0.1, 0.15) is 26.3 Å². The van der Waals surface area contributed by atoms with Gasteiger partial charge in [0.15, 0.2) is 0 Å². The largest absolute Gasteiger partial charge is 0.459 e. The zero-order valence-electron chi connectivity index (χ0n) is 19.8. The number of hydrogen-bond acceptors (Lipinski definition) is 4. The molecule has 1 aliphatic rings. The van der Waals surface area contributed by atoms with Crippen LogP contribution in [0.1, 0.15) is 47.5 Å². The van der Waals surface area contributed by atoms with Crippen LogP contribution in [0.2, 0.25) is 0 Å². The molecule has 0 bridgehead atoms. The lowest BCUT2D eigenvalue weighted by molar-refractivity contribution is -0.888. The third kappa shape index (κ3) is 5.69. The second-order valence-electron chi connectivity index (χ2n) is 10.4. The van der Waals surface area contributed by atoms with Crippen LogP contribution in [-0.2, 0) is 19.1 Å². The lowest BCUT2D eigenvalue weighted by Gasteiger charge is -2.39. The standard InChI is InChI=1S/C22H44N2O4/c1-10-23(6,7)14-16-27-19(25)18-12-13-22(5,21(18,3)4)20(26)28-17-15-24(8,9)11-2/h18H,10-17H2,1-9H3/q+2/t18-,22+/m1/s1. The molecule has 0 aromatic carbocycles. The van der Waals surface area contributed by atoms with Crippen molar-refractivity contribution in [3.8, 4) is 0 Å². The van der Waals surface area contributed by atoms with Crippen molar-refractivity contribution in [3.63, 3.8) is 0 Å². The number of likely N-dealkylation sites (N-methyl/N-ethyl adjacent to an activating group) is 2. The molecule has 0 aliphatic heterocycles. The molecule has 2 atom stereocenters. The van der Waals surface area contributed by atoms with E-state index >= 15 is 0 Å². The minimum absolute atomic E-state index is 0.179. The summed E-state index contributed by atoms with van der Waals surface area (Å²) in [6.45, 7) is 14.6. The third-order valence-corrected chi connectivity index (χ3v) is 7.54. The fraction of sp³-hybridized carbons (Fsp3) is 0.909. The van der Waals surface area contributed by atoms with Gasteiger partial charge in [0.2, 0.25) is 0 Å². The maximum atomic E-state index is 12.9. The molecular weight excluding hydrogens is 356 g/mol. The van der Waals surface area contributed by atoms with Crippen LogP contribution in [0, 0.1) is 16.7 Å². The van der Waals surface area contributed by atoms with Crippen molar-refractivity contribution in [2.75, 3.05) is 67.6 Å². The Morgan fingerprint density at radius 3 is 1.82 bits per heavy atom. The number of esters is 2. The van der Waals surface area contributed by atoms with Crippen molar-refractivity contribution in [3.05, 3.63) is 0 Å². The van der Waals surface area contributed by atoms with Gasteiger partial charge in [-0.25, -0.2) is 0 Å². The lowest BCUT2D eigenvalue weighted by atomic mass is 9.65. The maximum Gasteiger partial charge on any atom is 0.312 e. The highest BCUT2D eigenvalue weighted by atomic mass is 16.5. The van der Waals surface area contributed by atoms with E-state index in [4.69, 9.17) is 9.47 Å². The molecule has 1 fully saturated rings.